The predicted octanol–water partition coefficient (Wildman–Crippen LogP) is 1.52. The van der Waals surface area contributed by atoms with E-state index in [9.17, 15) is 0 Å². The molecule has 1 aromatic carbocycles. The molecule has 1 aromatic heterocycles. The van der Waals surface area contributed by atoms with Crippen LogP contribution in [0.1, 0.15) is 11.3 Å². The first kappa shape index (κ1) is 13.0. The molecule has 20 heavy (non-hydrogen) atoms. The van der Waals surface area contributed by atoms with Crippen LogP contribution in [0.3, 0.4) is 0 Å². The zero-order valence-corrected chi connectivity index (χ0v) is 11.6. The fourth-order valence-corrected chi connectivity index (χ4v) is 2.36. The van der Waals surface area contributed by atoms with Crippen LogP contribution in [0.15, 0.2) is 30.5 Å². The molecule has 2 aromatic rings. The Hall–Kier alpha value is -2.01. The summed E-state index contributed by atoms with van der Waals surface area (Å²) in [5.41, 5.74) is 2.37. The highest BCUT2D eigenvalue weighted by atomic mass is 16.6. The minimum Gasteiger partial charge on any atom is -0.486 e. The van der Waals surface area contributed by atoms with Crippen LogP contribution in [0.5, 0.6) is 11.5 Å². The molecule has 0 saturated carbocycles. The number of nitrogens with one attached hydrogen (secondary N) is 1. The third kappa shape index (κ3) is 2.77. The van der Waals surface area contributed by atoms with Gasteiger partial charge in [0.1, 0.15) is 13.2 Å². The van der Waals surface area contributed by atoms with E-state index < -0.39 is 0 Å². The molecule has 0 unspecified atom stereocenters. The number of fused-ring (bicyclic) bond motifs is 1. The molecular formula is C15H19N3O2. The van der Waals surface area contributed by atoms with Gasteiger partial charge in [-0.05, 0) is 12.1 Å². The number of benzene rings is 1. The lowest BCUT2D eigenvalue weighted by molar-refractivity contribution is 0.169. The molecule has 0 atom stereocenters. The van der Waals surface area contributed by atoms with Crippen LogP contribution < -0.4 is 14.8 Å². The van der Waals surface area contributed by atoms with Crippen molar-refractivity contribution in [1.29, 1.82) is 0 Å². The summed E-state index contributed by atoms with van der Waals surface area (Å²) in [6, 6.07) is 8.08. The van der Waals surface area contributed by atoms with E-state index in [1.807, 2.05) is 36.1 Å². The molecule has 0 aliphatic carbocycles. The topological polar surface area (TPSA) is 48.3 Å². The summed E-state index contributed by atoms with van der Waals surface area (Å²) < 4.78 is 13.2. The van der Waals surface area contributed by atoms with Gasteiger partial charge in [0.05, 0.1) is 0 Å². The normalized spacial score (nSPS) is 13.4. The maximum atomic E-state index is 5.70. The lowest BCUT2D eigenvalue weighted by Gasteiger charge is -2.21. The average molecular weight is 273 g/mol. The van der Waals surface area contributed by atoms with Gasteiger partial charge in [-0.25, -0.2) is 0 Å². The summed E-state index contributed by atoms with van der Waals surface area (Å²) in [5, 5.41) is 7.60. The highest BCUT2D eigenvalue weighted by molar-refractivity contribution is 5.47. The fraction of sp³-hybridized carbons (Fsp3) is 0.400. The second-order valence-electron chi connectivity index (χ2n) is 4.81. The zero-order valence-electron chi connectivity index (χ0n) is 11.6. The van der Waals surface area contributed by atoms with E-state index in [0.29, 0.717) is 13.2 Å². The van der Waals surface area contributed by atoms with Crippen LogP contribution in [0.25, 0.3) is 0 Å². The lowest BCUT2D eigenvalue weighted by Crippen LogP contribution is -2.21. The Kier molecular flexibility index (Phi) is 3.87. The van der Waals surface area contributed by atoms with Gasteiger partial charge in [0.2, 0.25) is 0 Å². The molecule has 1 N–H and O–H groups in total. The first-order chi connectivity index (χ1) is 9.84. The molecule has 1 aliphatic heterocycles. The summed E-state index contributed by atoms with van der Waals surface area (Å²) in [7, 11) is 1.97. The van der Waals surface area contributed by atoms with Gasteiger partial charge in [0.15, 0.2) is 11.5 Å². The summed E-state index contributed by atoms with van der Waals surface area (Å²) in [4.78, 5) is 0. The molecule has 106 valence electrons. The highest BCUT2D eigenvalue weighted by Crippen LogP contribution is 2.33. The molecule has 2 heterocycles. The third-order valence-corrected chi connectivity index (χ3v) is 3.44. The first-order valence-corrected chi connectivity index (χ1v) is 6.89. The summed E-state index contributed by atoms with van der Waals surface area (Å²) >= 11 is 0. The van der Waals surface area contributed by atoms with Crippen molar-refractivity contribution in [3.63, 3.8) is 0 Å². The van der Waals surface area contributed by atoms with Crippen LogP contribution in [-0.4, -0.2) is 29.5 Å². The van der Waals surface area contributed by atoms with Gasteiger partial charge in [0, 0.05) is 44.0 Å². The number of para-hydroxylation sites is 1. The molecule has 0 fully saturated rings. The van der Waals surface area contributed by atoms with Crippen molar-refractivity contribution in [1.82, 2.24) is 15.1 Å². The van der Waals surface area contributed by atoms with Gasteiger partial charge in [-0.3, -0.25) is 4.68 Å². The van der Waals surface area contributed by atoms with Gasteiger partial charge >= 0.3 is 0 Å². The molecule has 0 bridgehead atoms. The number of nitrogens with zero attached hydrogens (tertiary/aromatic N) is 2. The molecule has 5 nitrogen and oxygen atoms in total. The van der Waals surface area contributed by atoms with Crippen molar-refractivity contribution >= 4 is 0 Å². The summed E-state index contributed by atoms with van der Waals surface area (Å²) in [5.74, 6) is 1.73. The molecule has 0 spiro atoms. The minimum atomic E-state index is 0.624. The van der Waals surface area contributed by atoms with Crippen molar-refractivity contribution in [2.75, 3.05) is 19.8 Å². The Labute approximate surface area is 118 Å². The smallest absolute Gasteiger partial charge is 0.165 e. The van der Waals surface area contributed by atoms with Crippen LogP contribution in [-0.2, 0) is 20.0 Å². The lowest BCUT2D eigenvalue weighted by atomic mass is 10.1. The van der Waals surface area contributed by atoms with E-state index in [4.69, 9.17) is 9.47 Å². The Morgan fingerprint density at radius 2 is 2.15 bits per heavy atom. The highest BCUT2D eigenvalue weighted by Gasteiger charge is 2.14. The van der Waals surface area contributed by atoms with E-state index >= 15 is 0 Å². The largest absolute Gasteiger partial charge is 0.486 e. The Balaban J connectivity index is 1.55. The molecule has 0 radical (unpaired) electrons. The molecule has 3 rings (SSSR count). The molecule has 5 heteroatoms. The van der Waals surface area contributed by atoms with Crippen molar-refractivity contribution in [2.45, 2.75) is 13.0 Å². The quantitative estimate of drug-likeness (QED) is 0.839. The second kappa shape index (κ2) is 5.96. The maximum absolute atomic E-state index is 5.70. The Morgan fingerprint density at radius 1 is 1.25 bits per heavy atom. The fourth-order valence-electron chi connectivity index (χ4n) is 2.36. The number of aryl methyl sites for hydroxylation is 1. The maximum Gasteiger partial charge on any atom is 0.165 e. The first-order valence-electron chi connectivity index (χ1n) is 6.89. The van der Waals surface area contributed by atoms with Crippen LogP contribution in [0.4, 0.5) is 0 Å². The molecule has 0 saturated heterocycles. The second-order valence-corrected chi connectivity index (χ2v) is 4.81. The number of ether oxygens (including phenoxy) is 2. The van der Waals surface area contributed by atoms with E-state index in [-0.39, 0.29) is 0 Å². The summed E-state index contributed by atoms with van der Waals surface area (Å²) in [6.45, 7) is 2.94. The Bertz CT molecular complexity index is 580. The van der Waals surface area contributed by atoms with E-state index in [1.165, 1.54) is 5.69 Å². The van der Waals surface area contributed by atoms with Gasteiger partial charge in [-0.1, -0.05) is 12.1 Å². The Morgan fingerprint density at radius 3 is 3.00 bits per heavy atom. The van der Waals surface area contributed by atoms with Crippen molar-refractivity contribution < 1.29 is 9.47 Å². The number of rotatable bonds is 5. The summed E-state index contributed by atoms with van der Waals surface area (Å²) in [6.07, 6.45) is 2.79. The monoisotopic (exact) mass is 273 g/mol. The number of hydrogen-bond acceptors (Lipinski definition) is 4. The van der Waals surface area contributed by atoms with Gasteiger partial charge in [0.25, 0.3) is 0 Å². The number of aromatic nitrogens is 2. The van der Waals surface area contributed by atoms with E-state index in [0.717, 1.165) is 36.6 Å². The molecule has 0 amide bonds. The van der Waals surface area contributed by atoms with Crippen molar-refractivity contribution in [2.24, 2.45) is 7.05 Å². The van der Waals surface area contributed by atoms with E-state index in [1.54, 1.807) is 0 Å². The van der Waals surface area contributed by atoms with Crippen molar-refractivity contribution in [3.05, 3.63) is 41.7 Å². The minimum absolute atomic E-state index is 0.624. The predicted molar refractivity (Wildman–Crippen MR) is 76.1 cm³/mol. The van der Waals surface area contributed by atoms with Crippen LogP contribution in [0, 0.1) is 0 Å². The van der Waals surface area contributed by atoms with E-state index in [2.05, 4.69) is 16.5 Å². The average Bonchev–Trinajstić information content (AvgIpc) is 2.89. The van der Waals surface area contributed by atoms with Gasteiger partial charge in [-0.15, -0.1) is 0 Å². The zero-order chi connectivity index (χ0) is 13.8. The third-order valence-electron chi connectivity index (χ3n) is 3.44. The van der Waals surface area contributed by atoms with Crippen LogP contribution >= 0.6 is 0 Å². The SMILES string of the molecule is Cn1nccc1CCNCc1cccc2c1OCCO2. The molecule has 1 aliphatic rings. The van der Waals surface area contributed by atoms with Crippen LogP contribution in [0.2, 0.25) is 0 Å². The van der Waals surface area contributed by atoms with Gasteiger partial charge in [-0.2, -0.15) is 5.10 Å². The standard InChI is InChI=1S/C15H19N3O2/c1-18-13(6-8-17-18)5-7-16-11-12-3-2-4-14-15(12)20-10-9-19-14/h2-4,6,8,16H,5,7,9-11H2,1H3. The van der Waals surface area contributed by atoms with Crippen molar-refractivity contribution in [3.8, 4) is 11.5 Å². The number of hydrogen-bond donors (Lipinski definition) is 1. The van der Waals surface area contributed by atoms with Gasteiger partial charge < -0.3 is 14.8 Å². The molecular weight excluding hydrogens is 254 g/mol.